The van der Waals surface area contributed by atoms with Crippen LogP contribution in [0.5, 0.6) is 0 Å². The molecule has 0 fully saturated rings. The van der Waals surface area contributed by atoms with Gasteiger partial charge in [-0.3, -0.25) is 0 Å². The molecule has 0 aliphatic rings. The fourth-order valence-electron chi connectivity index (χ4n) is 3.65. The van der Waals surface area contributed by atoms with Gasteiger partial charge < -0.3 is 0 Å². The van der Waals surface area contributed by atoms with Gasteiger partial charge in [0.25, 0.3) is 0 Å². The van der Waals surface area contributed by atoms with Gasteiger partial charge in [-0.1, -0.05) is 117 Å². The Hall–Kier alpha value is -3.08. The number of hydrogen-bond acceptors (Lipinski definition) is 2. The normalized spacial score (nSPS) is 10.8. The molecule has 4 aromatic carbocycles. The van der Waals surface area contributed by atoms with E-state index in [4.69, 9.17) is 9.97 Å². The number of rotatable bonds is 4. The molecule has 0 amide bonds. The quantitative estimate of drug-likeness (QED) is 0.227. The van der Waals surface area contributed by atoms with Crippen molar-refractivity contribution in [2.24, 2.45) is 0 Å². The summed E-state index contributed by atoms with van der Waals surface area (Å²) in [7, 11) is 0. The van der Waals surface area contributed by atoms with Crippen LogP contribution in [0.3, 0.4) is 0 Å². The number of benzene rings is 4. The molecule has 4 heteroatoms. The zero-order valence-corrected chi connectivity index (χ0v) is 20.2. The molecule has 0 atom stereocenters. The number of nitrogens with zero attached hydrogens (tertiary/aromatic N) is 2. The first-order valence-electron chi connectivity index (χ1n) is 10.2. The Bertz CT molecular complexity index is 1240. The molecule has 2 nitrogen and oxygen atoms in total. The largest absolute Gasteiger partial charge is 0.243 e. The van der Waals surface area contributed by atoms with Crippen LogP contribution in [0.15, 0.2) is 118 Å². The minimum absolute atomic E-state index is 0.860. The minimum Gasteiger partial charge on any atom is -0.243 e. The smallest absolute Gasteiger partial charge is 0.0973 e. The lowest BCUT2D eigenvalue weighted by molar-refractivity contribution is 1.21. The van der Waals surface area contributed by atoms with Crippen molar-refractivity contribution in [2.75, 3.05) is 0 Å². The number of halogens is 2. The SMILES string of the molecule is Brc1ccc(-c2nc(-c3ccccc3)c(-c3ccccc3)nc2-c2ccc(Br)cc2)cc1. The molecule has 32 heavy (non-hydrogen) atoms. The molecule has 0 bridgehead atoms. The molecule has 0 radical (unpaired) electrons. The third kappa shape index (κ3) is 4.29. The van der Waals surface area contributed by atoms with Gasteiger partial charge in [-0.25, -0.2) is 9.97 Å². The van der Waals surface area contributed by atoms with Gasteiger partial charge in [-0.05, 0) is 24.3 Å². The summed E-state index contributed by atoms with van der Waals surface area (Å²) in [6, 6.07) is 37.0. The topological polar surface area (TPSA) is 25.8 Å². The second kappa shape index (κ2) is 9.19. The van der Waals surface area contributed by atoms with Gasteiger partial charge >= 0.3 is 0 Å². The predicted molar refractivity (Wildman–Crippen MR) is 139 cm³/mol. The van der Waals surface area contributed by atoms with Crippen molar-refractivity contribution in [3.8, 4) is 45.0 Å². The van der Waals surface area contributed by atoms with Crippen LogP contribution in [0.1, 0.15) is 0 Å². The van der Waals surface area contributed by atoms with Gasteiger partial charge in [0.15, 0.2) is 0 Å². The molecule has 5 rings (SSSR count). The van der Waals surface area contributed by atoms with E-state index in [2.05, 4.69) is 80.4 Å². The van der Waals surface area contributed by atoms with Gasteiger partial charge in [0.05, 0.1) is 22.8 Å². The molecule has 5 aromatic rings. The highest BCUT2D eigenvalue weighted by Crippen LogP contribution is 2.37. The van der Waals surface area contributed by atoms with E-state index in [-0.39, 0.29) is 0 Å². The van der Waals surface area contributed by atoms with Crippen molar-refractivity contribution in [2.45, 2.75) is 0 Å². The summed E-state index contributed by atoms with van der Waals surface area (Å²) in [6.45, 7) is 0. The summed E-state index contributed by atoms with van der Waals surface area (Å²) in [6.07, 6.45) is 0. The Balaban J connectivity index is 1.83. The third-order valence-corrected chi connectivity index (χ3v) is 6.28. The molecular formula is C28H18Br2N2. The van der Waals surface area contributed by atoms with E-state index in [0.717, 1.165) is 54.0 Å². The molecule has 0 saturated heterocycles. The minimum atomic E-state index is 0.860. The van der Waals surface area contributed by atoms with E-state index in [0.29, 0.717) is 0 Å². The zero-order valence-electron chi connectivity index (χ0n) is 17.0. The van der Waals surface area contributed by atoms with E-state index in [1.165, 1.54) is 0 Å². The second-order valence-electron chi connectivity index (χ2n) is 7.36. The molecule has 0 aliphatic heterocycles. The van der Waals surface area contributed by atoms with E-state index in [1.54, 1.807) is 0 Å². The molecule has 0 saturated carbocycles. The average molecular weight is 542 g/mol. The van der Waals surface area contributed by atoms with Gasteiger partial charge in [-0.2, -0.15) is 0 Å². The second-order valence-corrected chi connectivity index (χ2v) is 9.20. The van der Waals surface area contributed by atoms with Crippen LogP contribution in [0.25, 0.3) is 45.0 Å². The Morgan fingerprint density at radius 1 is 0.344 bits per heavy atom. The third-order valence-electron chi connectivity index (χ3n) is 5.23. The summed E-state index contributed by atoms with van der Waals surface area (Å²) < 4.78 is 2.06. The fraction of sp³-hybridized carbons (Fsp3) is 0. The first kappa shape index (κ1) is 20.8. The van der Waals surface area contributed by atoms with Crippen LogP contribution in [-0.4, -0.2) is 9.97 Å². The van der Waals surface area contributed by atoms with Crippen LogP contribution < -0.4 is 0 Å². The van der Waals surface area contributed by atoms with Crippen molar-refractivity contribution in [1.29, 1.82) is 0 Å². The van der Waals surface area contributed by atoms with Crippen LogP contribution in [0.2, 0.25) is 0 Å². The summed E-state index contributed by atoms with van der Waals surface area (Å²) >= 11 is 7.08. The molecule has 0 N–H and O–H groups in total. The molecule has 0 spiro atoms. The summed E-state index contributed by atoms with van der Waals surface area (Å²) in [5.41, 5.74) is 7.59. The lowest BCUT2D eigenvalue weighted by Crippen LogP contribution is -2.00. The maximum Gasteiger partial charge on any atom is 0.0973 e. The van der Waals surface area contributed by atoms with Gasteiger partial charge in [0, 0.05) is 31.2 Å². The monoisotopic (exact) mass is 540 g/mol. The Morgan fingerprint density at radius 3 is 0.938 bits per heavy atom. The van der Waals surface area contributed by atoms with Crippen molar-refractivity contribution in [3.63, 3.8) is 0 Å². The van der Waals surface area contributed by atoms with Crippen molar-refractivity contribution in [3.05, 3.63) is 118 Å². The van der Waals surface area contributed by atoms with Crippen molar-refractivity contribution < 1.29 is 0 Å². The summed E-state index contributed by atoms with van der Waals surface area (Å²) in [5, 5.41) is 0. The molecule has 0 aliphatic carbocycles. The first-order valence-corrected chi connectivity index (χ1v) is 11.8. The Labute approximate surface area is 204 Å². The lowest BCUT2D eigenvalue weighted by Gasteiger charge is -2.16. The molecule has 1 heterocycles. The highest BCUT2D eigenvalue weighted by atomic mass is 79.9. The highest BCUT2D eigenvalue weighted by Gasteiger charge is 2.19. The van der Waals surface area contributed by atoms with E-state index in [9.17, 15) is 0 Å². The number of aromatic nitrogens is 2. The Morgan fingerprint density at radius 2 is 0.625 bits per heavy atom. The average Bonchev–Trinajstić information content (AvgIpc) is 2.85. The molecule has 0 unspecified atom stereocenters. The Kier molecular flexibility index (Phi) is 5.97. The van der Waals surface area contributed by atoms with Gasteiger partial charge in [0.2, 0.25) is 0 Å². The number of hydrogen-bond donors (Lipinski definition) is 0. The molecular weight excluding hydrogens is 524 g/mol. The van der Waals surface area contributed by atoms with Gasteiger partial charge in [-0.15, -0.1) is 0 Å². The van der Waals surface area contributed by atoms with E-state index in [1.807, 2.05) is 60.7 Å². The maximum atomic E-state index is 5.23. The lowest BCUT2D eigenvalue weighted by atomic mass is 9.99. The van der Waals surface area contributed by atoms with E-state index < -0.39 is 0 Å². The fourth-order valence-corrected chi connectivity index (χ4v) is 4.18. The van der Waals surface area contributed by atoms with Crippen molar-refractivity contribution in [1.82, 2.24) is 9.97 Å². The molecule has 154 valence electrons. The zero-order chi connectivity index (χ0) is 21.9. The predicted octanol–water partition coefficient (Wildman–Crippen LogP) is 8.67. The van der Waals surface area contributed by atoms with Crippen LogP contribution in [0, 0.1) is 0 Å². The van der Waals surface area contributed by atoms with Crippen LogP contribution in [0.4, 0.5) is 0 Å². The summed E-state index contributed by atoms with van der Waals surface area (Å²) in [4.78, 5) is 10.5. The van der Waals surface area contributed by atoms with Gasteiger partial charge in [0.1, 0.15) is 0 Å². The van der Waals surface area contributed by atoms with Crippen LogP contribution >= 0.6 is 31.9 Å². The highest BCUT2D eigenvalue weighted by molar-refractivity contribution is 9.10. The summed E-state index contributed by atoms with van der Waals surface area (Å²) in [5.74, 6) is 0. The maximum absolute atomic E-state index is 5.23. The first-order chi connectivity index (χ1) is 15.7. The molecule has 1 aromatic heterocycles. The van der Waals surface area contributed by atoms with Crippen molar-refractivity contribution >= 4 is 31.9 Å². The standard InChI is InChI=1S/C28H18Br2N2/c29-23-15-11-21(12-16-23)27-28(22-13-17-24(30)18-14-22)32-26(20-9-5-2-6-10-20)25(31-27)19-7-3-1-4-8-19/h1-18H. The van der Waals surface area contributed by atoms with Crippen LogP contribution in [-0.2, 0) is 0 Å². The van der Waals surface area contributed by atoms with E-state index >= 15 is 0 Å².